The van der Waals surface area contributed by atoms with Crippen LogP contribution in [-0.2, 0) is 0 Å². The minimum Gasteiger partial charge on any atom is -0.361 e. The first-order chi connectivity index (χ1) is 57.6. The number of piperazine rings is 2. The van der Waals surface area contributed by atoms with Crippen LogP contribution in [0.3, 0.4) is 0 Å². The molecule has 8 nitrogen and oxygen atoms in total. The van der Waals surface area contributed by atoms with Gasteiger partial charge in [0.25, 0.3) is 0 Å². The molecule has 16 aromatic rings. The molecule has 9 aliphatic rings. The third-order valence-corrected chi connectivity index (χ3v) is 32.4. The van der Waals surface area contributed by atoms with Gasteiger partial charge in [-0.15, -0.1) is 0 Å². The lowest BCUT2D eigenvalue weighted by atomic mass is 9.46. The first-order valence-electron chi connectivity index (χ1n) is 45.0. The fraction of sp³-hybridized carbons (Fsp3) is 0.333. The molecule has 8 heteroatoms. The zero-order valence-corrected chi connectivity index (χ0v) is 66.6. The Hall–Kier alpha value is -11.0. The Kier molecular flexibility index (Phi) is 16.1. The zero-order chi connectivity index (χ0) is 75.8. The van der Waals surface area contributed by atoms with Crippen LogP contribution in [-0.4, -0.2) is 66.6 Å². The highest BCUT2D eigenvalue weighted by atomic mass is 15.4. The summed E-state index contributed by atoms with van der Waals surface area (Å²) in [4.78, 5) is 12.6. The summed E-state index contributed by atoms with van der Waals surface area (Å²) >= 11 is 0. The third-order valence-electron chi connectivity index (χ3n) is 32.4. The van der Waals surface area contributed by atoms with E-state index in [1.807, 2.05) is 0 Å². The van der Waals surface area contributed by atoms with Gasteiger partial charge in [-0.2, -0.15) is 0 Å². The van der Waals surface area contributed by atoms with Gasteiger partial charge in [-0.05, 0) is 259 Å². The first-order valence-corrected chi connectivity index (χ1v) is 45.0. The number of rotatable bonds is 8. The molecule has 0 bridgehead atoms. The molecule has 0 radical (unpaired) electrons. The molecule has 0 spiro atoms. The quantitative estimate of drug-likeness (QED) is 0.142. The molecule has 18 atom stereocenters. The van der Waals surface area contributed by atoms with E-state index in [2.05, 4.69) is 341 Å². The fourth-order valence-corrected chi connectivity index (χ4v) is 28.4. The number of anilines is 4. The molecule has 116 heavy (non-hydrogen) atoms. The summed E-state index contributed by atoms with van der Waals surface area (Å²) in [5, 5.41) is 10.8. The molecule has 18 unspecified atom stereocenters. The number of hydrogen-bond acceptors (Lipinski definition) is 4. The lowest BCUT2D eigenvalue weighted by Gasteiger charge is -2.67. The van der Waals surface area contributed by atoms with Crippen molar-refractivity contribution in [1.82, 2.24) is 18.3 Å². The van der Waals surface area contributed by atoms with Crippen molar-refractivity contribution in [1.29, 1.82) is 0 Å². The molecule has 2 aliphatic heterocycles. The average molecular weight is 1510 g/mol. The van der Waals surface area contributed by atoms with Crippen LogP contribution >= 0.6 is 0 Å². The van der Waals surface area contributed by atoms with E-state index >= 15 is 0 Å². The van der Waals surface area contributed by atoms with Crippen molar-refractivity contribution in [2.75, 3.05) is 19.6 Å². The molecule has 7 aliphatic carbocycles. The zero-order valence-electron chi connectivity index (χ0n) is 66.6. The molecule has 9 fully saturated rings. The van der Waals surface area contributed by atoms with Crippen LogP contribution in [0.4, 0.5) is 22.7 Å². The molecule has 4 aromatic heterocycles. The highest BCUT2D eigenvalue weighted by molar-refractivity contribution is 6.13. The second-order valence-corrected chi connectivity index (χ2v) is 37.2. The molecule has 0 amide bonds. The van der Waals surface area contributed by atoms with Gasteiger partial charge in [0.2, 0.25) is 0 Å². The molecule has 7 saturated carbocycles. The molecule has 576 valence electrons. The largest absolute Gasteiger partial charge is 0.361 e. The first kappa shape index (κ1) is 68.3. The van der Waals surface area contributed by atoms with E-state index in [1.165, 1.54) is 237 Å². The number of fused-ring (bicyclic) bond motifs is 24. The average Bonchev–Trinajstić information content (AvgIpc) is 0.941. The highest BCUT2D eigenvalue weighted by Gasteiger charge is 2.63. The standard InChI is InChI=1S/C108H104N8/c1-5-29-69(30-6-1)109-101-49-25-27-51-103(101)111(71-33-9-3-10-34-71)107-67-89-86-62-74(116-98-48-24-18-42-84(98)92-64-76(56-60-100(92)116)114-95-45-21-15-39-81(95)82-40-16-22-46-96(82)114)54-58-78(86)88-66-106-108(112(72-35-11-4-12-36-72)104-52-28-26-50-102(104)110(106)70-31-7-2-8-32-70)68-90(88)85-61-73(53-57-77(85)87(89)65-105(107)109)115-97-47-23-17-41-83(97)91-63-75(55-59-99(91)115)113-93-43-19-13-37-79(93)80-38-14-20-44-94(80)113/h1-24,29-48,55-56,59-60,63-64,73-74,77-78,85-90,101-108H,25-28,49-54,57-58,61-62,65-68H2. The summed E-state index contributed by atoms with van der Waals surface area (Å²) in [6, 6.07) is 123. The van der Waals surface area contributed by atoms with Gasteiger partial charge < -0.3 is 37.9 Å². The second kappa shape index (κ2) is 27.3. The van der Waals surface area contributed by atoms with Crippen LogP contribution in [0, 0.1) is 47.3 Å². The lowest BCUT2D eigenvalue weighted by molar-refractivity contribution is -0.102. The summed E-state index contributed by atoms with van der Waals surface area (Å²) in [5.74, 6) is 4.49. The SMILES string of the molecule is c1ccc(N2C3CCCCC3N(c3ccccc3)C3CC4C(CC32)C2CCC(n3c5ccccc5c5cc(-n6c7ccccc7c7ccccc76)ccc53)CC2C2CC3C(CC2C2CCC(n5c6ccccc6c6cc(-n7c8ccccc8c8ccccc87)ccc65)CC24)N(c2ccccc2)C2CCCCC2N3c2ccccc2)cc1. The van der Waals surface area contributed by atoms with Gasteiger partial charge in [-0.1, -0.05) is 208 Å². The minimum absolute atomic E-state index is 0.356. The van der Waals surface area contributed by atoms with E-state index in [9.17, 15) is 0 Å². The normalized spacial score (nSPS) is 29.2. The lowest BCUT2D eigenvalue weighted by Crippen LogP contribution is -2.73. The number of hydrogen-bond donors (Lipinski definition) is 0. The third kappa shape index (κ3) is 10.4. The molecular formula is C108H104N8. The van der Waals surface area contributed by atoms with E-state index in [0.29, 0.717) is 108 Å². The molecule has 0 N–H and O–H groups in total. The Morgan fingerprint density at radius 1 is 0.172 bits per heavy atom. The van der Waals surface area contributed by atoms with E-state index < -0.39 is 0 Å². The van der Waals surface area contributed by atoms with Crippen LogP contribution in [0.15, 0.2) is 303 Å². The predicted octanol–water partition coefficient (Wildman–Crippen LogP) is 25.9. The molecular weight excluding hydrogens is 1410 g/mol. The summed E-state index contributed by atoms with van der Waals surface area (Å²) in [6.45, 7) is 0. The van der Waals surface area contributed by atoms with Crippen LogP contribution in [0.1, 0.15) is 128 Å². The van der Waals surface area contributed by atoms with Crippen molar-refractivity contribution < 1.29 is 0 Å². The van der Waals surface area contributed by atoms with E-state index in [-0.39, 0.29) is 0 Å². The van der Waals surface area contributed by atoms with Crippen LogP contribution in [0.25, 0.3) is 98.6 Å². The molecule has 6 heterocycles. The number of para-hydroxylation sites is 10. The fourth-order valence-electron chi connectivity index (χ4n) is 28.4. The monoisotopic (exact) mass is 1510 g/mol. The van der Waals surface area contributed by atoms with Gasteiger partial charge >= 0.3 is 0 Å². The van der Waals surface area contributed by atoms with Crippen molar-refractivity contribution in [2.45, 2.75) is 176 Å². The van der Waals surface area contributed by atoms with Gasteiger partial charge in [-0.25, -0.2) is 0 Å². The summed E-state index contributed by atoms with van der Waals surface area (Å²) in [5.41, 5.74) is 19.1. The van der Waals surface area contributed by atoms with Gasteiger partial charge in [0, 0.05) is 136 Å². The van der Waals surface area contributed by atoms with Gasteiger partial charge in [-0.3, -0.25) is 0 Å². The van der Waals surface area contributed by atoms with Crippen molar-refractivity contribution in [3.63, 3.8) is 0 Å². The summed E-state index contributed by atoms with van der Waals surface area (Å²) in [6.07, 6.45) is 22.6. The second-order valence-electron chi connectivity index (χ2n) is 37.2. The maximum atomic E-state index is 3.15. The van der Waals surface area contributed by atoms with Crippen molar-refractivity contribution in [3.05, 3.63) is 303 Å². The summed E-state index contributed by atoms with van der Waals surface area (Å²) in [7, 11) is 0. The Bertz CT molecular complexity index is 5920. The highest BCUT2D eigenvalue weighted by Crippen LogP contribution is 2.66. The number of benzene rings is 12. The van der Waals surface area contributed by atoms with Crippen LogP contribution in [0.5, 0.6) is 0 Å². The number of nitrogens with zero attached hydrogens (tertiary/aromatic N) is 8. The van der Waals surface area contributed by atoms with E-state index in [0.717, 1.165) is 0 Å². The maximum absolute atomic E-state index is 3.15. The van der Waals surface area contributed by atoms with Crippen molar-refractivity contribution in [3.8, 4) is 11.4 Å². The van der Waals surface area contributed by atoms with Crippen LogP contribution < -0.4 is 19.6 Å². The van der Waals surface area contributed by atoms with Crippen LogP contribution in [0.2, 0.25) is 0 Å². The predicted molar refractivity (Wildman–Crippen MR) is 483 cm³/mol. The molecule has 25 rings (SSSR count). The Morgan fingerprint density at radius 3 is 0.716 bits per heavy atom. The molecule has 12 aromatic carbocycles. The van der Waals surface area contributed by atoms with E-state index in [4.69, 9.17) is 0 Å². The topological polar surface area (TPSA) is 32.7 Å². The minimum atomic E-state index is 0.356. The maximum Gasteiger partial charge on any atom is 0.0541 e. The van der Waals surface area contributed by atoms with E-state index in [1.54, 1.807) is 0 Å². The van der Waals surface area contributed by atoms with Gasteiger partial charge in [0.1, 0.15) is 0 Å². The summed E-state index contributed by atoms with van der Waals surface area (Å²) < 4.78 is 11.0. The Balaban J connectivity index is 0.689. The smallest absolute Gasteiger partial charge is 0.0541 e. The van der Waals surface area contributed by atoms with Gasteiger partial charge in [0.15, 0.2) is 0 Å². The Labute approximate surface area is 681 Å². The van der Waals surface area contributed by atoms with Crippen molar-refractivity contribution in [2.24, 2.45) is 47.3 Å². The number of aromatic nitrogens is 4. The van der Waals surface area contributed by atoms with Crippen molar-refractivity contribution >= 4 is 110 Å². The Morgan fingerprint density at radius 2 is 0.414 bits per heavy atom. The molecule has 2 saturated heterocycles. The van der Waals surface area contributed by atoms with Gasteiger partial charge in [0.05, 0.1) is 46.2 Å².